The molecular formula is C15H13NO5. The summed E-state index contributed by atoms with van der Waals surface area (Å²) in [5.41, 5.74) is 0.331. The zero-order chi connectivity index (χ0) is 15.4. The lowest BCUT2D eigenvalue weighted by Gasteiger charge is -2.12. The highest BCUT2D eigenvalue weighted by atomic mass is 16.6. The van der Waals surface area contributed by atoms with Crippen LogP contribution in [-0.2, 0) is 0 Å². The molecule has 2 aromatic carbocycles. The maximum absolute atomic E-state index is 11.6. The molecule has 2 aromatic rings. The summed E-state index contributed by atoms with van der Waals surface area (Å²) in [5.74, 6) is 0.767. The highest BCUT2D eigenvalue weighted by Crippen LogP contribution is 2.35. The Bertz CT molecular complexity index is 696. The summed E-state index contributed by atoms with van der Waals surface area (Å²) < 4.78 is 10.8. The van der Waals surface area contributed by atoms with Gasteiger partial charge in [0.1, 0.15) is 5.75 Å². The smallest absolute Gasteiger partial charge is 0.273 e. The van der Waals surface area contributed by atoms with Gasteiger partial charge >= 0.3 is 0 Å². The number of rotatable bonds is 5. The van der Waals surface area contributed by atoms with Crippen LogP contribution in [0.2, 0.25) is 0 Å². The summed E-state index contributed by atoms with van der Waals surface area (Å²) in [5, 5.41) is 10.7. The third kappa shape index (κ3) is 3.17. The quantitative estimate of drug-likeness (QED) is 0.477. The van der Waals surface area contributed by atoms with Gasteiger partial charge in [0.05, 0.1) is 23.7 Å². The van der Waals surface area contributed by atoms with E-state index in [1.807, 2.05) is 0 Å². The summed E-state index contributed by atoms with van der Waals surface area (Å²) in [7, 11) is 1.39. The number of Topliss-reactive ketones (excluding diaryl/α,β-unsaturated/α-hetero) is 1. The highest BCUT2D eigenvalue weighted by Gasteiger charge is 2.15. The van der Waals surface area contributed by atoms with Crippen LogP contribution in [0.25, 0.3) is 0 Å². The van der Waals surface area contributed by atoms with E-state index < -0.39 is 4.92 Å². The third-order valence-corrected chi connectivity index (χ3v) is 2.84. The van der Waals surface area contributed by atoms with Crippen molar-refractivity contribution in [2.24, 2.45) is 0 Å². The highest BCUT2D eigenvalue weighted by molar-refractivity contribution is 5.96. The number of benzene rings is 2. The van der Waals surface area contributed by atoms with Gasteiger partial charge in [0.25, 0.3) is 5.69 Å². The van der Waals surface area contributed by atoms with Crippen LogP contribution in [0.1, 0.15) is 17.3 Å². The van der Waals surface area contributed by atoms with Gasteiger partial charge in [0, 0.05) is 6.07 Å². The molecule has 0 saturated carbocycles. The number of carbonyl (C=O) groups is 1. The lowest BCUT2D eigenvalue weighted by Crippen LogP contribution is -1.98. The van der Waals surface area contributed by atoms with Crippen molar-refractivity contribution < 1.29 is 19.2 Å². The molecule has 21 heavy (non-hydrogen) atoms. The van der Waals surface area contributed by atoms with E-state index in [0.717, 1.165) is 0 Å². The average molecular weight is 287 g/mol. The van der Waals surface area contributed by atoms with Crippen LogP contribution >= 0.6 is 0 Å². The summed E-state index contributed by atoms with van der Waals surface area (Å²) in [6.07, 6.45) is 0. The van der Waals surface area contributed by atoms with Crippen molar-refractivity contribution in [2.45, 2.75) is 6.92 Å². The van der Waals surface area contributed by atoms with E-state index in [9.17, 15) is 14.9 Å². The molecule has 0 aliphatic rings. The van der Waals surface area contributed by atoms with E-state index in [4.69, 9.17) is 9.47 Å². The molecular weight excluding hydrogens is 274 g/mol. The van der Waals surface area contributed by atoms with Gasteiger partial charge in [-0.3, -0.25) is 14.9 Å². The maximum atomic E-state index is 11.6. The number of ketones is 1. The Morgan fingerprint density at radius 2 is 1.81 bits per heavy atom. The zero-order valence-corrected chi connectivity index (χ0v) is 11.5. The van der Waals surface area contributed by atoms with E-state index in [1.54, 1.807) is 24.3 Å². The standard InChI is InChI=1S/C15H13NO5/c1-10(17)12-5-3-4-6-13(12)21-14-8-7-11(16(18)19)9-15(14)20-2/h3-9H,1-2H3. The molecule has 0 unspecified atom stereocenters. The first-order chi connectivity index (χ1) is 10.0. The largest absolute Gasteiger partial charge is 0.493 e. The molecule has 0 spiro atoms. The summed E-state index contributed by atoms with van der Waals surface area (Å²) >= 11 is 0. The molecule has 0 radical (unpaired) electrons. The molecule has 0 bridgehead atoms. The zero-order valence-electron chi connectivity index (χ0n) is 11.5. The van der Waals surface area contributed by atoms with Crippen molar-refractivity contribution in [3.05, 3.63) is 58.1 Å². The van der Waals surface area contributed by atoms with Gasteiger partial charge in [-0.15, -0.1) is 0 Å². The molecule has 0 aliphatic carbocycles. The Kier molecular flexibility index (Phi) is 4.18. The first kappa shape index (κ1) is 14.5. The summed E-state index contributed by atoms with van der Waals surface area (Å²) in [4.78, 5) is 21.8. The van der Waals surface area contributed by atoms with Crippen LogP contribution < -0.4 is 9.47 Å². The SMILES string of the molecule is COc1cc([N+](=O)[O-])ccc1Oc1ccccc1C(C)=O. The van der Waals surface area contributed by atoms with Crippen LogP contribution in [0.4, 0.5) is 5.69 Å². The lowest BCUT2D eigenvalue weighted by atomic mass is 10.1. The maximum Gasteiger partial charge on any atom is 0.273 e. The molecule has 0 atom stereocenters. The molecule has 0 amide bonds. The van der Waals surface area contributed by atoms with Crippen LogP contribution in [0, 0.1) is 10.1 Å². The van der Waals surface area contributed by atoms with E-state index in [0.29, 0.717) is 17.1 Å². The number of ether oxygens (including phenoxy) is 2. The van der Waals surface area contributed by atoms with Crippen molar-refractivity contribution >= 4 is 11.5 Å². The predicted molar refractivity (Wildman–Crippen MR) is 76.2 cm³/mol. The van der Waals surface area contributed by atoms with E-state index in [1.165, 1.54) is 32.2 Å². The predicted octanol–water partition coefficient (Wildman–Crippen LogP) is 3.60. The molecule has 0 heterocycles. The topological polar surface area (TPSA) is 78.7 Å². The number of para-hydroxylation sites is 1. The van der Waals surface area contributed by atoms with Crippen molar-refractivity contribution in [3.63, 3.8) is 0 Å². The van der Waals surface area contributed by atoms with Gasteiger partial charge in [-0.05, 0) is 25.1 Å². The van der Waals surface area contributed by atoms with Gasteiger partial charge in [0.2, 0.25) is 0 Å². The molecule has 2 rings (SSSR count). The van der Waals surface area contributed by atoms with Crippen LogP contribution in [-0.4, -0.2) is 17.8 Å². The van der Waals surface area contributed by atoms with Gasteiger partial charge in [-0.25, -0.2) is 0 Å². The third-order valence-electron chi connectivity index (χ3n) is 2.84. The van der Waals surface area contributed by atoms with E-state index in [2.05, 4.69) is 0 Å². The number of nitrogens with zero attached hydrogens (tertiary/aromatic N) is 1. The fraction of sp³-hybridized carbons (Fsp3) is 0.133. The van der Waals surface area contributed by atoms with Crippen LogP contribution in [0.5, 0.6) is 17.2 Å². The molecule has 0 N–H and O–H groups in total. The van der Waals surface area contributed by atoms with Gasteiger partial charge in [0.15, 0.2) is 17.3 Å². The van der Waals surface area contributed by atoms with E-state index in [-0.39, 0.29) is 17.2 Å². The Morgan fingerprint density at radius 1 is 1.10 bits per heavy atom. The first-order valence-corrected chi connectivity index (χ1v) is 6.13. The number of non-ortho nitro benzene ring substituents is 1. The minimum atomic E-state index is -0.518. The minimum Gasteiger partial charge on any atom is -0.493 e. The van der Waals surface area contributed by atoms with Crippen LogP contribution in [0.3, 0.4) is 0 Å². The fourth-order valence-corrected chi connectivity index (χ4v) is 1.82. The number of carbonyl (C=O) groups excluding carboxylic acids is 1. The molecule has 6 nitrogen and oxygen atoms in total. The van der Waals surface area contributed by atoms with Crippen molar-refractivity contribution in [3.8, 4) is 17.2 Å². The van der Waals surface area contributed by atoms with Crippen molar-refractivity contribution in [2.75, 3.05) is 7.11 Å². The molecule has 0 saturated heterocycles. The van der Waals surface area contributed by atoms with Crippen molar-refractivity contribution in [1.29, 1.82) is 0 Å². The summed E-state index contributed by atoms with van der Waals surface area (Å²) in [6, 6.07) is 10.8. The van der Waals surface area contributed by atoms with E-state index >= 15 is 0 Å². The number of nitro groups is 1. The lowest BCUT2D eigenvalue weighted by molar-refractivity contribution is -0.384. The monoisotopic (exact) mass is 287 g/mol. The Hall–Kier alpha value is -2.89. The number of methoxy groups -OCH3 is 1. The number of hydrogen-bond donors (Lipinski definition) is 0. The van der Waals surface area contributed by atoms with Gasteiger partial charge < -0.3 is 9.47 Å². The Balaban J connectivity index is 2.40. The Morgan fingerprint density at radius 3 is 2.43 bits per heavy atom. The van der Waals surface area contributed by atoms with Crippen molar-refractivity contribution in [1.82, 2.24) is 0 Å². The first-order valence-electron chi connectivity index (χ1n) is 6.13. The summed E-state index contributed by atoms with van der Waals surface area (Å²) in [6.45, 7) is 1.44. The second-order valence-electron chi connectivity index (χ2n) is 4.25. The number of nitro benzene ring substituents is 1. The minimum absolute atomic E-state index is 0.0981. The second kappa shape index (κ2) is 6.04. The Labute approximate surface area is 121 Å². The molecule has 0 fully saturated rings. The van der Waals surface area contributed by atoms with Gasteiger partial charge in [-0.2, -0.15) is 0 Å². The van der Waals surface area contributed by atoms with Crippen LogP contribution in [0.15, 0.2) is 42.5 Å². The normalized spacial score (nSPS) is 10.0. The molecule has 108 valence electrons. The molecule has 0 aliphatic heterocycles. The average Bonchev–Trinajstić information content (AvgIpc) is 2.47. The number of hydrogen-bond acceptors (Lipinski definition) is 5. The van der Waals surface area contributed by atoms with Gasteiger partial charge in [-0.1, -0.05) is 12.1 Å². The molecule has 0 aromatic heterocycles. The molecule has 6 heteroatoms. The fourth-order valence-electron chi connectivity index (χ4n) is 1.82. The second-order valence-corrected chi connectivity index (χ2v) is 4.25.